The second-order valence-electron chi connectivity index (χ2n) is 3.53. The minimum absolute atomic E-state index is 0.669. The maximum absolute atomic E-state index is 5.77. The lowest BCUT2D eigenvalue weighted by molar-refractivity contribution is 0.822. The maximum Gasteiger partial charge on any atom is 0.126 e. The molecule has 0 saturated carbocycles. The zero-order valence-corrected chi connectivity index (χ0v) is 9.33. The molecule has 0 unspecified atom stereocenters. The fourth-order valence-corrected chi connectivity index (χ4v) is 2.28. The van der Waals surface area contributed by atoms with Crippen LogP contribution in [0.15, 0.2) is 35.2 Å². The van der Waals surface area contributed by atoms with Crippen LogP contribution in [0.4, 0.5) is 5.82 Å². The predicted octanol–water partition coefficient (Wildman–Crippen LogP) is 2.90. The molecular weight excluding hydrogens is 204 g/mol. The first-order chi connectivity index (χ1) is 7.36. The predicted molar refractivity (Wildman–Crippen MR) is 65.0 cm³/mol. The van der Waals surface area contributed by atoms with Crippen molar-refractivity contribution in [1.29, 1.82) is 0 Å². The van der Waals surface area contributed by atoms with E-state index >= 15 is 0 Å². The van der Waals surface area contributed by atoms with Crippen molar-refractivity contribution >= 4 is 17.2 Å². The summed E-state index contributed by atoms with van der Waals surface area (Å²) >= 11 is 1.75. The Hall–Kier alpha value is -1.35. The molecule has 0 bridgehead atoms. The molecule has 0 saturated heterocycles. The summed E-state index contributed by atoms with van der Waals surface area (Å²) in [6.07, 6.45) is 5.00. The first-order valence-electron chi connectivity index (χ1n) is 5.07. The molecule has 0 amide bonds. The molecule has 2 heterocycles. The molecule has 3 heteroatoms. The van der Waals surface area contributed by atoms with Gasteiger partial charge in [-0.25, -0.2) is 4.98 Å². The monoisotopic (exact) mass is 218 g/mol. The van der Waals surface area contributed by atoms with Crippen molar-refractivity contribution in [2.75, 3.05) is 5.73 Å². The second-order valence-corrected chi connectivity index (χ2v) is 4.31. The molecule has 2 N–H and O–H groups in total. The summed E-state index contributed by atoms with van der Waals surface area (Å²) in [5.41, 5.74) is 8.35. The zero-order valence-electron chi connectivity index (χ0n) is 8.52. The molecule has 0 aliphatic rings. The molecule has 15 heavy (non-hydrogen) atoms. The summed E-state index contributed by atoms with van der Waals surface area (Å²) in [5.74, 6) is 0.669. The summed E-state index contributed by atoms with van der Waals surface area (Å²) in [7, 11) is 0. The lowest BCUT2D eigenvalue weighted by Gasteiger charge is -2.03. The molecule has 0 aliphatic heterocycles. The van der Waals surface area contributed by atoms with Crippen molar-refractivity contribution in [2.24, 2.45) is 0 Å². The van der Waals surface area contributed by atoms with E-state index in [0.29, 0.717) is 5.82 Å². The van der Waals surface area contributed by atoms with Crippen LogP contribution in [-0.2, 0) is 12.8 Å². The molecular formula is C12H14N2S. The maximum atomic E-state index is 5.77. The van der Waals surface area contributed by atoms with Crippen molar-refractivity contribution in [3.05, 3.63) is 46.3 Å². The highest BCUT2D eigenvalue weighted by Gasteiger charge is 1.99. The first kappa shape index (κ1) is 10.2. The largest absolute Gasteiger partial charge is 0.383 e. The Morgan fingerprint density at radius 2 is 2.20 bits per heavy atom. The van der Waals surface area contributed by atoms with Gasteiger partial charge in [0.25, 0.3) is 0 Å². The quantitative estimate of drug-likeness (QED) is 0.857. The molecule has 2 nitrogen and oxygen atoms in total. The van der Waals surface area contributed by atoms with E-state index in [1.807, 2.05) is 6.07 Å². The van der Waals surface area contributed by atoms with Gasteiger partial charge in [-0.2, -0.15) is 11.3 Å². The van der Waals surface area contributed by atoms with Crippen molar-refractivity contribution in [3.8, 4) is 0 Å². The normalized spacial score (nSPS) is 10.4. The van der Waals surface area contributed by atoms with Crippen LogP contribution in [-0.4, -0.2) is 4.98 Å². The lowest BCUT2D eigenvalue weighted by atomic mass is 10.1. The molecule has 78 valence electrons. The molecule has 2 rings (SSSR count). The van der Waals surface area contributed by atoms with Crippen LogP contribution in [0.3, 0.4) is 0 Å². The fraction of sp³-hybridized carbons (Fsp3) is 0.250. The van der Waals surface area contributed by atoms with Crippen LogP contribution in [0, 0.1) is 0 Å². The molecule has 0 atom stereocenters. The Morgan fingerprint density at radius 3 is 2.93 bits per heavy atom. The third-order valence-corrected chi connectivity index (χ3v) is 3.15. The van der Waals surface area contributed by atoms with Gasteiger partial charge < -0.3 is 5.73 Å². The van der Waals surface area contributed by atoms with Crippen LogP contribution in [0.1, 0.15) is 17.5 Å². The Balaban J connectivity index is 1.86. The van der Waals surface area contributed by atoms with Crippen molar-refractivity contribution in [2.45, 2.75) is 19.3 Å². The number of aryl methyl sites for hydroxylation is 2. The Kier molecular flexibility index (Phi) is 3.35. The number of nitrogen functional groups attached to an aromatic ring is 1. The number of thiophene rings is 1. The molecule has 0 radical (unpaired) electrons. The topological polar surface area (TPSA) is 38.9 Å². The summed E-state index contributed by atoms with van der Waals surface area (Å²) < 4.78 is 0. The van der Waals surface area contributed by atoms with E-state index in [2.05, 4.69) is 27.9 Å². The van der Waals surface area contributed by atoms with E-state index in [4.69, 9.17) is 5.73 Å². The minimum Gasteiger partial charge on any atom is -0.383 e. The zero-order chi connectivity index (χ0) is 10.5. The van der Waals surface area contributed by atoms with Gasteiger partial charge in [-0.05, 0) is 53.3 Å². The van der Waals surface area contributed by atoms with Crippen LogP contribution >= 0.6 is 11.3 Å². The molecule has 0 spiro atoms. The number of rotatable bonds is 4. The number of hydrogen-bond acceptors (Lipinski definition) is 3. The number of nitrogens with two attached hydrogens (primary N) is 1. The Labute approximate surface area is 93.8 Å². The van der Waals surface area contributed by atoms with E-state index < -0.39 is 0 Å². The molecule has 0 fully saturated rings. The van der Waals surface area contributed by atoms with Crippen molar-refractivity contribution in [1.82, 2.24) is 4.98 Å². The number of pyridine rings is 1. The van der Waals surface area contributed by atoms with E-state index in [1.165, 1.54) is 5.56 Å². The number of anilines is 1. The van der Waals surface area contributed by atoms with Gasteiger partial charge in [0.15, 0.2) is 0 Å². The van der Waals surface area contributed by atoms with E-state index in [-0.39, 0.29) is 0 Å². The highest BCUT2D eigenvalue weighted by atomic mass is 32.1. The summed E-state index contributed by atoms with van der Waals surface area (Å²) in [6, 6.07) is 6.17. The van der Waals surface area contributed by atoms with Crippen LogP contribution < -0.4 is 5.73 Å². The van der Waals surface area contributed by atoms with Gasteiger partial charge in [0.2, 0.25) is 0 Å². The number of nitrogens with zero attached hydrogens (tertiary/aromatic N) is 1. The molecule has 0 aromatic carbocycles. The van der Waals surface area contributed by atoms with Crippen molar-refractivity contribution < 1.29 is 0 Å². The third-order valence-electron chi connectivity index (χ3n) is 2.42. The van der Waals surface area contributed by atoms with E-state index in [9.17, 15) is 0 Å². The average Bonchev–Trinajstić information content (AvgIpc) is 2.74. The molecule has 2 aromatic heterocycles. The number of hydrogen-bond donors (Lipinski definition) is 1. The van der Waals surface area contributed by atoms with Gasteiger partial charge in [-0.3, -0.25) is 0 Å². The highest BCUT2D eigenvalue weighted by molar-refractivity contribution is 7.07. The lowest BCUT2D eigenvalue weighted by Crippen LogP contribution is -1.97. The van der Waals surface area contributed by atoms with Crippen LogP contribution in [0.5, 0.6) is 0 Å². The van der Waals surface area contributed by atoms with Crippen molar-refractivity contribution in [3.63, 3.8) is 0 Å². The van der Waals surface area contributed by atoms with Gasteiger partial charge in [0, 0.05) is 6.20 Å². The van der Waals surface area contributed by atoms with Crippen LogP contribution in [0.2, 0.25) is 0 Å². The summed E-state index contributed by atoms with van der Waals surface area (Å²) in [5, 5.41) is 4.32. The molecule has 2 aromatic rings. The van der Waals surface area contributed by atoms with Gasteiger partial charge >= 0.3 is 0 Å². The van der Waals surface area contributed by atoms with Gasteiger partial charge in [-0.1, -0.05) is 6.07 Å². The average molecular weight is 218 g/mol. The molecule has 0 aliphatic carbocycles. The van der Waals surface area contributed by atoms with Gasteiger partial charge in [0.1, 0.15) is 5.82 Å². The number of aromatic nitrogens is 1. The smallest absolute Gasteiger partial charge is 0.126 e. The summed E-state index contributed by atoms with van der Waals surface area (Å²) in [4.78, 5) is 4.07. The SMILES string of the molecule is Nc1ncccc1CCCc1ccsc1. The van der Waals surface area contributed by atoms with Crippen LogP contribution in [0.25, 0.3) is 0 Å². The standard InChI is InChI=1S/C12H14N2S/c13-12-11(5-2-7-14-12)4-1-3-10-6-8-15-9-10/h2,5-9H,1,3-4H2,(H2,13,14). The van der Waals surface area contributed by atoms with E-state index in [1.54, 1.807) is 17.5 Å². The van der Waals surface area contributed by atoms with E-state index in [0.717, 1.165) is 24.8 Å². The highest BCUT2D eigenvalue weighted by Crippen LogP contribution is 2.13. The third kappa shape index (κ3) is 2.80. The minimum atomic E-state index is 0.669. The fourth-order valence-electron chi connectivity index (χ4n) is 1.58. The Morgan fingerprint density at radius 1 is 1.27 bits per heavy atom. The van der Waals surface area contributed by atoms with Gasteiger partial charge in [-0.15, -0.1) is 0 Å². The first-order valence-corrected chi connectivity index (χ1v) is 6.01. The Bertz CT molecular complexity index is 409. The summed E-state index contributed by atoms with van der Waals surface area (Å²) in [6.45, 7) is 0. The van der Waals surface area contributed by atoms with Gasteiger partial charge in [0.05, 0.1) is 0 Å². The second kappa shape index (κ2) is 4.94.